The Kier molecular flexibility index (Phi) is 7.00. The highest BCUT2D eigenvalue weighted by atomic mass is 32.2. The van der Waals surface area contributed by atoms with Gasteiger partial charge in [-0.05, 0) is 60.9 Å². The van der Waals surface area contributed by atoms with Gasteiger partial charge in [-0.25, -0.2) is 13.2 Å². The topological polar surface area (TPSA) is 111 Å². The number of carbonyl (C=O) groups excluding carboxylic acids is 2. The van der Waals surface area contributed by atoms with Crippen LogP contribution in [0.5, 0.6) is 11.5 Å². The molecule has 2 heterocycles. The number of sulfonamides is 1. The molecule has 0 aromatic heterocycles. The zero-order valence-electron chi connectivity index (χ0n) is 20.0. The standard InChI is InChI=1S/C27H26N2O7S/c30-26(28-16-21-17-34-24-9-3-4-10-25(24)36-21)18-35-27(31)20-11-13-22(14-12-20)37(32,33)29-15-5-7-19-6-1-2-8-23(19)29/h1-4,6,8-14,21H,5,7,15-18H2,(H,28,30). The Morgan fingerprint density at radius 1 is 0.973 bits per heavy atom. The first kappa shape index (κ1) is 24.6. The van der Waals surface area contributed by atoms with E-state index in [1.165, 1.54) is 28.6 Å². The van der Waals surface area contributed by atoms with Crippen LogP contribution in [-0.4, -0.2) is 52.7 Å². The van der Waals surface area contributed by atoms with E-state index >= 15 is 0 Å². The Balaban J connectivity index is 1.14. The third-order valence-electron chi connectivity index (χ3n) is 6.17. The number of rotatable bonds is 7. The number of hydrogen-bond donors (Lipinski definition) is 1. The van der Waals surface area contributed by atoms with Crippen molar-refractivity contribution in [2.24, 2.45) is 0 Å². The van der Waals surface area contributed by atoms with Crippen LogP contribution in [0.4, 0.5) is 5.69 Å². The number of anilines is 1. The van der Waals surface area contributed by atoms with Gasteiger partial charge in [0.25, 0.3) is 15.9 Å². The normalized spacial score (nSPS) is 16.4. The highest BCUT2D eigenvalue weighted by Crippen LogP contribution is 2.32. The number of nitrogens with zero attached hydrogens (tertiary/aromatic N) is 1. The summed E-state index contributed by atoms with van der Waals surface area (Å²) in [5.74, 6) is 0.0420. The summed E-state index contributed by atoms with van der Waals surface area (Å²) in [5, 5.41) is 2.66. The maximum atomic E-state index is 13.3. The molecule has 3 aromatic carbocycles. The Morgan fingerprint density at radius 3 is 2.51 bits per heavy atom. The van der Waals surface area contributed by atoms with Gasteiger partial charge in [0.1, 0.15) is 12.7 Å². The van der Waals surface area contributed by atoms with E-state index in [1.807, 2.05) is 30.3 Å². The molecular weight excluding hydrogens is 496 g/mol. The maximum absolute atomic E-state index is 13.3. The van der Waals surface area contributed by atoms with Crippen LogP contribution in [0.25, 0.3) is 0 Å². The summed E-state index contributed by atoms with van der Waals surface area (Å²) in [6, 6.07) is 20.2. The van der Waals surface area contributed by atoms with Gasteiger partial charge in [0, 0.05) is 6.54 Å². The monoisotopic (exact) mass is 522 g/mol. The van der Waals surface area contributed by atoms with Crippen molar-refractivity contribution in [2.45, 2.75) is 23.8 Å². The molecule has 1 atom stereocenters. The lowest BCUT2D eigenvalue weighted by Crippen LogP contribution is -2.42. The fraction of sp³-hybridized carbons (Fsp3) is 0.259. The second kappa shape index (κ2) is 10.5. The molecule has 0 bridgehead atoms. The van der Waals surface area contributed by atoms with Gasteiger partial charge in [-0.3, -0.25) is 9.10 Å². The molecule has 1 N–H and O–H groups in total. The number of esters is 1. The molecule has 0 fully saturated rings. The molecule has 3 aromatic rings. The number of nitrogens with one attached hydrogen (secondary N) is 1. The van der Waals surface area contributed by atoms with E-state index in [9.17, 15) is 18.0 Å². The highest BCUT2D eigenvalue weighted by molar-refractivity contribution is 7.92. The number of hydrogen-bond acceptors (Lipinski definition) is 7. The van der Waals surface area contributed by atoms with Gasteiger partial charge in [0.05, 0.1) is 22.7 Å². The smallest absolute Gasteiger partial charge is 0.338 e. The zero-order chi connectivity index (χ0) is 25.8. The molecule has 0 spiro atoms. The van der Waals surface area contributed by atoms with Crippen LogP contribution in [0.15, 0.2) is 77.7 Å². The summed E-state index contributed by atoms with van der Waals surface area (Å²) < 4.78 is 44.4. The molecule has 192 valence electrons. The first-order valence-electron chi connectivity index (χ1n) is 11.9. The number of ether oxygens (including phenoxy) is 3. The van der Waals surface area contributed by atoms with E-state index in [2.05, 4.69) is 5.32 Å². The third kappa shape index (κ3) is 5.39. The van der Waals surface area contributed by atoms with Crippen LogP contribution in [-0.2, 0) is 26.0 Å². The Hall–Kier alpha value is -4.05. The average Bonchev–Trinajstić information content (AvgIpc) is 2.94. The van der Waals surface area contributed by atoms with Crippen molar-refractivity contribution in [1.29, 1.82) is 0 Å². The molecule has 0 saturated carbocycles. The Labute approximate surface area is 215 Å². The summed E-state index contributed by atoms with van der Waals surface area (Å²) in [6.07, 6.45) is 1.20. The van der Waals surface area contributed by atoms with Crippen molar-refractivity contribution in [3.63, 3.8) is 0 Å². The maximum Gasteiger partial charge on any atom is 0.338 e. The van der Waals surface area contributed by atoms with E-state index in [0.717, 1.165) is 18.4 Å². The lowest BCUT2D eigenvalue weighted by Gasteiger charge is -2.30. The first-order chi connectivity index (χ1) is 17.9. The molecule has 9 nitrogen and oxygen atoms in total. The van der Waals surface area contributed by atoms with E-state index in [4.69, 9.17) is 14.2 Å². The minimum absolute atomic E-state index is 0.0785. The number of benzene rings is 3. The summed E-state index contributed by atoms with van der Waals surface area (Å²) in [5.41, 5.74) is 1.81. The molecule has 2 aliphatic rings. The van der Waals surface area contributed by atoms with Crippen molar-refractivity contribution in [3.05, 3.63) is 83.9 Å². The van der Waals surface area contributed by atoms with Gasteiger partial charge in [-0.15, -0.1) is 0 Å². The molecule has 2 aliphatic heterocycles. The lowest BCUT2D eigenvalue weighted by molar-refractivity contribution is -0.124. The van der Waals surface area contributed by atoms with Crippen molar-refractivity contribution in [2.75, 3.05) is 30.6 Å². The van der Waals surface area contributed by atoms with Crippen molar-refractivity contribution in [3.8, 4) is 11.5 Å². The summed E-state index contributed by atoms with van der Waals surface area (Å²) in [7, 11) is -3.79. The van der Waals surface area contributed by atoms with Crippen LogP contribution in [0.1, 0.15) is 22.3 Å². The van der Waals surface area contributed by atoms with Crippen LogP contribution in [0.2, 0.25) is 0 Å². The third-order valence-corrected chi connectivity index (χ3v) is 8.00. The minimum Gasteiger partial charge on any atom is -0.486 e. The second-order valence-electron chi connectivity index (χ2n) is 8.71. The molecular formula is C27H26N2O7S. The Bertz CT molecular complexity index is 1410. The molecule has 0 radical (unpaired) electrons. The van der Waals surface area contributed by atoms with Gasteiger partial charge < -0.3 is 19.5 Å². The highest BCUT2D eigenvalue weighted by Gasteiger charge is 2.29. The van der Waals surface area contributed by atoms with Crippen LogP contribution >= 0.6 is 0 Å². The SMILES string of the molecule is O=C(COC(=O)c1ccc(S(=O)(=O)N2CCCc3ccccc32)cc1)NCC1COc2ccccc2O1. The zero-order valence-corrected chi connectivity index (χ0v) is 20.8. The summed E-state index contributed by atoms with van der Waals surface area (Å²) >= 11 is 0. The minimum atomic E-state index is -3.79. The predicted octanol–water partition coefficient (Wildman–Crippen LogP) is 2.94. The number of carbonyl (C=O) groups is 2. The largest absolute Gasteiger partial charge is 0.486 e. The quantitative estimate of drug-likeness (QED) is 0.475. The average molecular weight is 523 g/mol. The molecule has 10 heteroatoms. The number of fused-ring (bicyclic) bond motifs is 2. The van der Waals surface area contributed by atoms with Gasteiger partial charge >= 0.3 is 5.97 Å². The van der Waals surface area contributed by atoms with Gasteiger partial charge in [0.15, 0.2) is 18.1 Å². The number of amides is 1. The van der Waals surface area contributed by atoms with Crippen LogP contribution < -0.4 is 19.1 Å². The van der Waals surface area contributed by atoms with Gasteiger partial charge in [-0.2, -0.15) is 0 Å². The molecule has 0 aliphatic carbocycles. The molecule has 37 heavy (non-hydrogen) atoms. The molecule has 1 amide bonds. The predicted molar refractivity (Wildman–Crippen MR) is 135 cm³/mol. The lowest BCUT2D eigenvalue weighted by atomic mass is 10.0. The second-order valence-corrected chi connectivity index (χ2v) is 10.6. The van der Waals surface area contributed by atoms with Crippen LogP contribution in [0.3, 0.4) is 0 Å². The number of aryl methyl sites for hydroxylation is 1. The van der Waals surface area contributed by atoms with Crippen molar-refractivity contribution < 1.29 is 32.2 Å². The van der Waals surface area contributed by atoms with Crippen molar-refractivity contribution >= 4 is 27.6 Å². The first-order valence-corrected chi connectivity index (χ1v) is 13.4. The van der Waals surface area contributed by atoms with Crippen LogP contribution in [0, 0.1) is 0 Å². The molecule has 5 rings (SSSR count). The van der Waals surface area contributed by atoms with E-state index in [0.29, 0.717) is 23.7 Å². The number of para-hydroxylation sites is 3. The van der Waals surface area contributed by atoms with Gasteiger partial charge in [0.2, 0.25) is 0 Å². The van der Waals surface area contributed by atoms with Gasteiger partial charge in [-0.1, -0.05) is 30.3 Å². The summed E-state index contributed by atoms with van der Waals surface area (Å²) in [6.45, 7) is 0.392. The molecule has 1 unspecified atom stereocenters. The summed E-state index contributed by atoms with van der Waals surface area (Å²) in [4.78, 5) is 24.6. The van der Waals surface area contributed by atoms with E-state index in [-0.39, 0.29) is 29.7 Å². The van der Waals surface area contributed by atoms with E-state index in [1.54, 1.807) is 18.2 Å². The van der Waals surface area contributed by atoms with Crippen molar-refractivity contribution in [1.82, 2.24) is 5.32 Å². The molecule has 0 saturated heterocycles. The fourth-order valence-corrected chi connectivity index (χ4v) is 5.84. The fourth-order valence-electron chi connectivity index (χ4n) is 4.30. The van der Waals surface area contributed by atoms with E-state index < -0.39 is 28.5 Å². The Morgan fingerprint density at radius 2 is 1.70 bits per heavy atom.